The van der Waals surface area contributed by atoms with Gasteiger partial charge in [0.25, 0.3) is 10.1 Å². The number of ether oxygens (including phenoxy) is 1. The second-order valence-electron chi connectivity index (χ2n) is 3.72. The van der Waals surface area contributed by atoms with Crippen molar-refractivity contribution in [1.29, 1.82) is 0 Å². The second kappa shape index (κ2) is 11.1. The Morgan fingerprint density at radius 1 is 1.20 bits per heavy atom. The third-order valence-corrected chi connectivity index (χ3v) is 3.00. The molecular formula is C13H18Cl2O4S. The molecule has 20 heavy (non-hydrogen) atoms. The largest absolute Gasteiger partial charge is 0.377 e. The lowest BCUT2D eigenvalue weighted by Gasteiger charge is -2.00. The zero-order chi connectivity index (χ0) is 15.4. The molecular weight excluding hydrogens is 323 g/mol. The zero-order valence-corrected chi connectivity index (χ0v) is 13.5. The Labute approximate surface area is 130 Å². The quantitative estimate of drug-likeness (QED) is 0.481. The van der Waals surface area contributed by atoms with Crippen molar-refractivity contribution in [2.75, 3.05) is 18.6 Å². The molecule has 2 rings (SSSR count). The number of halogens is 2. The van der Waals surface area contributed by atoms with E-state index in [0.29, 0.717) is 0 Å². The Bertz CT molecular complexity index is 476. The molecule has 0 saturated heterocycles. The van der Waals surface area contributed by atoms with E-state index >= 15 is 0 Å². The predicted molar refractivity (Wildman–Crippen MR) is 82.1 cm³/mol. The Balaban J connectivity index is 0.000000336. The molecule has 0 saturated carbocycles. The molecule has 114 valence electrons. The summed E-state index contributed by atoms with van der Waals surface area (Å²) in [7, 11) is -4.02. The molecule has 1 N–H and O–H groups in total. The van der Waals surface area contributed by atoms with E-state index < -0.39 is 10.1 Å². The third-order valence-electron chi connectivity index (χ3n) is 2.13. The maximum absolute atomic E-state index is 10.5. The van der Waals surface area contributed by atoms with Gasteiger partial charge in [-0.2, -0.15) is 8.42 Å². The van der Waals surface area contributed by atoms with E-state index in [1.165, 1.54) is 12.1 Å². The van der Waals surface area contributed by atoms with Gasteiger partial charge < -0.3 is 4.74 Å². The minimum atomic E-state index is -4.02. The van der Waals surface area contributed by atoms with Gasteiger partial charge in [0, 0.05) is 0 Å². The van der Waals surface area contributed by atoms with Crippen molar-refractivity contribution in [1.82, 2.24) is 0 Å². The molecule has 0 unspecified atom stereocenters. The molecule has 1 aromatic carbocycles. The van der Waals surface area contributed by atoms with Crippen LogP contribution in [0.1, 0.15) is 12.0 Å². The predicted octanol–water partition coefficient (Wildman–Crippen LogP) is 3.63. The van der Waals surface area contributed by atoms with Crippen molar-refractivity contribution in [2.24, 2.45) is 0 Å². The molecule has 0 radical (unpaired) electrons. The monoisotopic (exact) mass is 340 g/mol. The summed E-state index contributed by atoms with van der Waals surface area (Å²) in [6.45, 7) is 3.57. The standard InChI is InChI=1S/C7H8O3S.C5H8O.CH2Cl2/c1-6-2-4-7(5-3-6)11(8,9)10;1-2-4-6-5-3-1;2-1-3/h2-5H,1H3,(H,8,9,10);1-2H,3-5H2;1H2. The Hall–Kier alpha value is -0.590. The fourth-order valence-corrected chi connectivity index (χ4v) is 1.68. The molecule has 4 nitrogen and oxygen atoms in total. The highest BCUT2D eigenvalue weighted by Gasteiger charge is 2.06. The van der Waals surface area contributed by atoms with Gasteiger partial charge in [-0.25, -0.2) is 0 Å². The van der Waals surface area contributed by atoms with Crippen molar-refractivity contribution in [3.8, 4) is 0 Å². The Kier molecular flexibility index (Phi) is 10.8. The lowest BCUT2D eigenvalue weighted by Crippen LogP contribution is -1.96. The van der Waals surface area contributed by atoms with Gasteiger partial charge in [0.05, 0.1) is 23.4 Å². The summed E-state index contributed by atoms with van der Waals surface area (Å²) in [5.74, 6) is 0. The SMILES string of the molecule is C1=CCOCC1.Cc1ccc(S(=O)(=O)O)cc1.ClCCl. The number of hydrogen-bond acceptors (Lipinski definition) is 3. The lowest BCUT2D eigenvalue weighted by molar-refractivity contribution is 0.158. The fraction of sp³-hybridized carbons (Fsp3) is 0.385. The molecule has 0 aromatic heterocycles. The van der Waals surface area contributed by atoms with Crippen molar-refractivity contribution < 1.29 is 17.7 Å². The number of aryl methyl sites for hydroxylation is 1. The number of hydrogen-bond donors (Lipinski definition) is 1. The summed E-state index contributed by atoms with van der Waals surface area (Å²) < 4.78 is 34.5. The summed E-state index contributed by atoms with van der Waals surface area (Å²) in [4.78, 5) is -0.0666. The lowest BCUT2D eigenvalue weighted by atomic mass is 10.2. The topological polar surface area (TPSA) is 63.6 Å². The molecule has 0 aliphatic carbocycles. The first-order valence-corrected chi connectivity index (χ1v) is 8.31. The van der Waals surface area contributed by atoms with Crippen molar-refractivity contribution in [2.45, 2.75) is 18.2 Å². The first-order chi connectivity index (χ1) is 9.41. The molecule has 1 heterocycles. The van der Waals surface area contributed by atoms with Crippen LogP contribution in [0.25, 0.3) is 0 Å². The third kappa shape index (κ3) is 10.2. The molecule has 7 heteroatoms. The maximum atomic E-state index is 10.5. The zero-order valence-electron chi connectivity index (χ0n) is 11.1. The van der Waals surface area contributed by atoms with E-state index in [0.717, 1.165) is 25.2 Å². The van der Waals surface area contributed by atoms with Crippen molar-refractivity contribution >= 4 is 33.3 Å². The summed E-state index contributed by atoms with van der Waals surface area (Å²) in [6.07, 6.45) is 5.28. The molecule has 0 spiro atoms. The average Bonchev–Trinajstić information content (AvgIpc) is 2.42. The fourth-order valence-electron chi connectivity index (χ4n) is 1.20. The first kappa shape index (κ1) is 19.4. The minimum absolute atomic E-state index is 0.0666. The van der Waals surface area contributed by atoms with Crippen LogP contribution in [-0.4, -0.2) is 31.5 Å². The van der Waals surface area contributed by atoms with E-state index in [1.54, 1.807) is 12.1 Å². The number of benzene rings is 1. The van der Waals surface area contributed by atoms with Crippen LogP contribution in [0.15, 0.2) is 41.3 Å². The van der Waals surface area contributed by atoms with Crippen LogP contribution in [0.5, 0.6) is 0 Å². The van der Waals surface area contributed by atoms with E-state index in [2.05, 4.69) is 6.08 Å². The molecule has 1 aliphatic heterocycles. The van der Waals surface area contributed by atoms with Crippen LogP contribution in [0, 0.1) is 6.92 Å². The van der Waals surface area contributed by atoms with Gasteiger partial charge >= 0.3 is 0 Å². The highest BCUT2D eigenvalue weighted by molar-refractivity contribution is 7.85. The molecule has 0 bridgehead atoms. The maximum Gasteiger partial charge on any atom is 0.294 e. The summed E-state index contributed by atoms with van der Waals surface area (Å²) in [5, 5.41) is 0.194. The Morgan fingerprint density at radius 3 is 2.00 bits per heavy atom. The van der Waals surface area contributed by atoms with Gasteiger partial charge in [-0.3, -0.25) is 4.55 Å². The van der Waals surface area contributed by atoms with Gasteiger partial charge in [-0.05, 0) is 25.5 Å². The van der Waals surface area contributed by atoms with E-state index in [4.69, 9.17) is 32.5 Å². The van der Waals surface area contributed by atoms with E-state index in [9.17, 15) is 8.42 Å². The van der Waals surface area contributed by atoms with Gasteiger partial charge in [0.2, 0.25) is 0 Å². The molecule has 0 amide bonds. The normalized spacial score (nSPS) is 13.6. The summed E-state index contributed by atoms with van der Waals surface area (Å²) in [5.41, 5.74) is 0.956. The highest BCUT2D eigenvalue weighted by atomic mass is 35.5. The molecule has 0 fully saturated rings. The van der Waals surface area contributed by atoms with Crippen LogP contribution < -0.4 is 0 Å². The van der Waals surface area contributed by atoms with Crippen molar-refractivity contribution in [3.63, 3.8) is 0 Å². The van der Waals surface area contributed by atoms with E-state index in [-0.39, 0.29) is 10.2 Å². The molecule has 0 atom stereocenters. The first-order valence-electron chi connectivity index (χ1n) is 5.80. The van der Waals surface area contributed by atoms with E-state index in [1.807, 2.05) is 13.0 Å². The van der Waals surface area contributed by atoms with Gasteiger partial charge in [-0.15, -0.1) is 23.2 Å². The van der Waals surface area contributed by atoms with Crippen LogP contribution in [0.4, 0.5) is 0 Å². The second-order valence-corrected chi connectivity index (χ2v) is 5.95. The Morgan fingerprint density at radius 2 is 1.75 bits per heavy atom. The summed E-state index contributed by atoms with van der Waals surface area (Å²) >= 11 is 9.53. The van der Waals surface area contributed by atoms with Gasteiger partial charge in [0.1, 0.15) is 0 Å². The number of rotatable bonds is 1. The van der Waals surface area contributed by atoms with Crippen LogP contribution in [0.2, 0.25) is 0 Å². The highest BCUT2D eigenvalue weighted by Crippen LogP contribution is 2.08. The van der Waals surface area contributed by atoms with Gasteiger partial charge in [-0.1, -0.05) is 29.8 Å². The summed E-state index contributed by atoms with van der Waals surface area (Å²) in [6, 6.07) is 5.99. The minimum Gasteiger partial charge on any atom is -0.377 e. The van der Waals surface area contributed by atoms with Crippen LogP contribution in [0.3, 0.4) is 0 Å². The van der Waals surface area contributed by atoms with Gasteiger partial charge in [0.15, 0.2) is 0 Å². The molecule has 1 aliphatic rings. The smallest absolute Gasteiger partial charge is 0.294 e. The average molecular weight is 341 g/mol. The van der Waals surface area contributed by atoms with Crippen LogP contribution in [-0.2, 0) is 14.9 Å². The van der Waals surface area contributed by atoms with Crippen molar-refractivity contribution in [3.05, 3.63) is 42.0 Å². The molecule has 1 aromatic rings. The van der Waals surface area contributed by atoms with Crippen LogP contribution >= 0.6 is 23.2 Å². The number of alkyl halides is 2.